The molecule has 35 heavy (non-hydrogen) atoms. The smallest absolute Gasteiger partial charge is 0.286 e. The van der Waals surface area contributed by atoms with E-state index >= 15 is 0 Å². The highest BCUT2D eigenvalue weighted by Gasteiger charge is 2.25. The third-order valence-corrected chi connectivity index (χ3v) is 5.62. The van der Waals surface area contributed by atoms with Crippen LogP contribution in [0, 0.1) is 10.1 Å². The van der Waals surface area contributed by atoms with Crippen LogP contribution in [0.2, 0.25) is 0 Å². The van der Waals surface area contributed by atoms with E-state index in [9.17, 15) is 14.9 Å². The summed E-state index contributed by atoms with van der Waals surface area (Å²) in [6.45, 7) is 0.398. The fourth-order valence-corrected chi connectivity index (χ4v) is 3.67. The van der Waals surface area contributed by atoms with E-state index in [4.69, 9.17) is 14.2 Å². The summed E-state index contributed by atoms with van der Waals surface area (Å²) in [6.07, 6.45) is 3.51. The predicted octanol–water partition coefficient (Wildman–Crippen LogP) is 4.20. The van der Waals surface area contributed by atoms with Crippen LogP contribution in [0.25, 0.3) is 0 Å². The normalized spacial score (nSPS) is 10.6. The Labute approximate surface area is 204 Å². The first-order valence-electron chi connectivity index (χ1n) is 10.3. The molecule has 0 radical (unpaired) electrons. The van der Waals surface area contributed by atoms with Gasteiger partial charge < -0.3 is 24.1 Å². The van der Waals surface area contributed by atoms with Crippen LogP contribution in [0.3, 0.4) is 0 Å². The molecule has 12 heteroatoms. The molecule has 2 aromatic carbocycles. The number of ether oxygens (including phenoxy) is 3. The van der Waals surface area contributed by atoms with Gasteiger partial charge in [-0.15, -0.1) is 11.3 Å². The van der Waals surface area contributed by atoms with Crippen molar-refractivity contribution >= 4 is 28.6 Å². The number of nitrogens with one attached hydrogen (secondary N) is 1. The molecule has 0 bridgehead atoms. The Morgan fingerprint density at radius 1 is 1.14 bits per heavy atom. The van der Waals surface area contributed by atoms with Crippen LogP contribution in [0.1, 0.15) is 21.9 Å². The second-order valence-corrected chi connectivity index (χ2v) is 7.99. The molecule has 2 aromatic heterocycles. The number of methoxy groups -OCH3 is 1. The fourth-order valence-electron chi connectivity index (χ4n) is 3.13. The molecular formula is C23H21N5O6S. The second-order valence-electron chi connectivity index (χ2n) is 7.27. The zero-order valence-corrected chi connectivity index (χ0v) is 19.7. The monoisotopic (exact) mass is 495 g/mol. The zero-order chi connectivity index (χ0) is 24.8. The maximum absolute atomic E-state index is 12.9. The van der Waals surface area contributed by atoms with E-state index in [2.05, 4.69) is 15.3 Å². The number of carbonyl (C=O) groups is 1. The summed E-state index contributed by atoms with van der Waals surface area (Å²) in [7, 11) is 3.26. The Balaban J connectivity index is 1.47. The molecule has 0 saturated carbocycles. The van der Waals surface area contributed by atoms with Crippen LogP contribution in [0.15, 0.2) is 59.7 Å². The number of nitrogens with zero attached hydrogens (tertiary/aromatic N) is 4. The molecule has 0 fully saturated rings. The van der Waals surface area contributed by atoms with Crippen LogP contribution in [0.4, 0.5) is 11.4 Å². The zero-order valence-electron chi connectivity index (χ0n) is 18.8. The van der Waals surface area contributed by atoms with Crippen LogP contribution in [0.5, 0.6) is 17.2 Å². The third kappa shape index (κ3) is 5.73. The van der Waals surface area contributed by atoms with E-state index < -0.39 is 16.5 Å². The quantitative estimate of drug-likeness (QED) is 0.256. The number of hydrogen-bond donors (Lipinski definition) is 1. The maximum atomic E-state index is 12.9. The first-order chi connectivity index (χ1) is 16.9. The Kier molecular flexibility index (Phi) is 7.21. The van der Waals surface area contributed by atoms with Gasteiger partial charge in [-0.1, -0.05) is 0 Å². The van der Waals surface area contributed by atoms with Gasteiger partial charge >= 0.3 is 0 Å². The van der Waals surface area contributed by atoms with Crippen LogP contribution >= 0.6 is 11.3 Å². The van der Waals surface area contributed by atoms with Gasteiger partial charge in [0.05, 0.1) is 29.3 Å². The maximum Gasteiger partial charge on any atom is 0.286 e. The minimum Gasteiger partial charge on any atom is -0.493 e. The van der Waals surface area contributed by atoms with E-state index in [1.54, 1.807) is 41.4 Å². The number of amides is 1. The van der Waals surface area contributed by atoms with Crippen molar-refractivity contribution in [3.63, 3.8) is 0 Å². The first-order valence-corrected chi connectivity index (χ1v) is 11.3. The fraction of sp³-hybridized carbons (Fsp3) is 0.174. The number of benzene rings is 2. The molecule has 2 heterocycles. The molecule has 0 aliphatic carbocycles. The molecule has 0 aliphatic heterocycles. The average molecular weight is 496 g/mol. The Morgan fingerprint density at radius 3 is 2.57 bits per heavy atom. The van der Waals surface area contributed by atoms with Gasteiger partial charge in [0.1, 0.15) is 30.4 Å². The number of hydrogen-bond acceptors (Lipinski definition) is 9. The second kappa shape index (κ2) is 10.7. The summed E-state index contributed by atoms with van der Waals surface area (Å²) in [5.74, 6) is 1.01. The van der Waals surface area contributed by atoms with Crippen LogP contribution in [-0.4, -0.2) is 32.5 Å². The van der Waals surface area contributed by atoms with Crippen molar-refractivity contribution in [2.24, 2.45) is 7.05 Å². The third-order valence-electron chi connectivity index (χ3n) is 4.98. The van der Waals surface area contributed by atoms with Gasteiger partial charge in [0.25, 0.3) is 11.6 Å². The average Bonchev–Trinajstić information content (AvgIpc) is 3.53. The van der Waals surface area contributed by atoms with Gasteiger partial charge in [0, 0.05) is 36.6 Å². The molecule has 180 valence electrons. The molecule has 11 nitrogen and oxygen atoms in total. The molecule has 4 aromatic rings. The highest BCUT2D eigenvalue weighted by molar-refractivity contribution is 7.07. The summed E-state index contributed by atoms with van der Waals surface area (Å²) in [5.41, 5.74) is 2.20. The van der Waals surface area contributed by atoms with Gasteiger partial charge in [-0.05, 0) is 24.3 Å². The van der Waals surface area contributed by atoms with Crippen molar-refractivity contribution in [3.8, 4) is 17.2 Å². The topological polar surface area (TPSA) is 131 Å². The molecular weight excluding hydrogens is 474 g/mol. The molecule has 0 aliphatic rings. The lowest BCUT2D eigenvalue weighted by atomic mass is 10.1. The van der Waals surface area contributed by atoms with Crippen molar-refractivity contribution in [1.29, 1.82) is 0 Å². The summed E-state index contributed by atoms with van der Waals surface area (Å²) in [4.78, 5) is 32.3. The number of carbonyl (C=O) groups excluding carboxylic acids is 1. The molecule has 0 unspecified atom stereocenters. The number of aryl methyl sites for hydroxylation is 1. The number of nitro benzene ring substituents is 1. The number of rotatable bonds is 10. The van der Waals surface area contributed by atoms with Crippen molar-refractivity contribution in [1.82, 2.24) is 14.5 Å². The largest absolute Gasteiger partial charge is 0.493 e. The minimum absolute atomic E-state index is 0.108. The molecule has 0 saturated heterocycles. The summed E-state index contributed by atoms with van der Waals surface area (Å²) < 4.78 is 18.5. The lowest BCUT2D eigenvalue weighted by Crippen LogP contribution is -2.14. The standard InChI is InChI=1S/C23H21N5O6S/c1-27-8-7-24-22(27)12-33-17-5-3-15(4-6-17)26-23(29)18-9-20(32-2)21(10-19(18)28(30)31)34-11-16-13-35-14-25-16/h3-10,13-14H,11-12H2,1-2H3,(H,26,29). The molecule has 1 amide bonds. The van der Waals surface area contributed by atoms with E-state index in [-0.39, 0.29) is 30.3 Å². The number of nitro groups is 1. The molecule has 1 N–H and O–H groups in total. The lowest BCUT2D eigenvalue weighted by molar-refractivity contribution is -0.385. The summed E-state index contributed by atoms with van der Waals surface area (Å²) in [6, 6.07) is 9.11. The number of aromatic nitrogens is 3. The Bertz CT molecular complexity index is 1320. The Hall–Kier alpha value is -4.45. The SMILES string of the molecule is COc1cc(C(=O)Nc2ccc(OCc3nccn3C)cc2)c([N+](=O)[O-])cc1OCc1cscn1. The van der Waals surface area contributed by atoms with E-state index in [0.29, 0.717) is 17.1 Å². The van der Waals surface area contributed by atoms with Crippen LogP contribution in [-0.2, 0) is 20.3 Å². The highest BCUT2D eigenvalue weighted by Crippen LogP contribution is 2.35. The van der Waals surface area contributed by atoms with Gasteiger partial charge in [-0.3, -0.25) is 14.9 Å². The van der Waals surface area contributed by atoms with Crippen LogP contribution < -0.4 is 19.5 Å². The van der Waals surface area contributed by atoms with E-state index in [1.807, 2.05) is 17.8 Å². The van der Waals surface area contributed by atoms with Crippen molar-refractivity contribution in [2.45, 2.75) is 13.2 Å². The number of thiazole rings is 1. The van der Waals surface area contributed by atoms with Gasteiger partial charge in [0.15, 0.2) is 11.5 Å². The first kappa shape index (κ1) is 23.7. The highest BCUT2D eigenvalue weighted by atomic mass is 32.1. The van der Waals surface area contributed by atoms with E-state index in [0.717, 1.165) is 5.82 Å². The molecule has 0 spiro atoms. The minimum atomic E-state index is -0.664. The molecule has 0 atom stereocenters. The predicted molar refractivity (Wildman–Crippen MR) is 128 cm³/mol. The van der Waals surface area contributed by atoms with Crippen molar-refractivity contribution in [2.75, 3.05) is 12.4 Å². The van der Waals surface area contributed by atoms with Crippen molar-refractivity contribution < 1.29 is 23.9 Å². The summed E-state index contributed by atoms with van der Waals surface area (Å²) >= 11 is 1.41. The number of anilines is 1. The summed E-state index contributed by atoms with van der Waals surface area (Å²) in [5, 5.41) is 16.2. The van der Waals surface area contributed by atoms with Gasteiger partial charge in [-0.25, -0.2) is 9.97 Å². The van der Waals surface area contributed by atoms with Gasteiger partial charge in [0.2, 0.25) is 0 Å². The van der Waals surface area contributed by atoms with Gasteiger partial charge in [-0.2, -0.15) is 0 Å². The number of imidazole rings is 1. The molecule has 4 rings (SSSR count). The van der Waals surface area contributed by atoms with E-state index in [1.165, 1.54) is 30.6 Å². The Morgan fingerprint density at radius 2 is 1.94 bits per heavy atom. The lowest BCUT2D eigenvalue weighted by Gasteiger charge is -2.13. The van der Waals surface area contributed by atoms with Crippen molar-refractivity contribution in [3.05, 3.63) is 86.9 Å².